The van der Waals surface area contributed by atoms with E-state index in [9.17, 15) is 0 Å². The van der Waals surface area contributed by atoms with E-state index in [4.69, 9.17) is 0 Å². The van der Waals surface area contributed by atoms with Crippen LogP contribution in [-0.4, -0.2) is 0 Å². The van der Waals surface area contributed by atoms with Gasteiger partial charge in [0.2, 0.25) is 0 Å². The predicted octanol–water partition coefficient (Wildman–Crippen LogP) is 10.6. The highest BCUT2D eigenvalue weighted by Gasteiger charge is 1.94. The van der Waals surface area contributed by atoms with Crippen LogP contribution in [0.1, 0.15) is 154 Å². The van der Waals surface area contributed by atoms with Gasteiger partial charge in [-0.15, -0.1) is 0 Å². The zero-order chi connectivity index (χ0) is 20.4. The third-order valence-electron chi connectivity index (χ3n) is 5.91. The monoisotopic (exact) mass is 390 g/mol. The molecule has 0 aromatic carbocycles. The van der Waals surface area contributed by atoms with Gasteiger partial charge in [-0.05, 0) is 25.7 Å². The summed E-state index contributed by atoms with van der Waals surface area (Å²) in [5.74, 6) is 0. The van der Waals surface area contributed by atoms with E-state index in [1.807, 2.05) is 0 Å². The van der Waals surface area contributed by atoms with Gasteiger partial charge >= 0.3 is 0 Å². The molecule has 0 atom stereocenters. The van der Waals surface area contributed by atoms with E-state index in [0.717, 1.165) is 12.8 Å². The number of rotatable bonds is 24. The molecule has 0 aliphatic rings. The molecule has 0 aliphatic carbocycles. The van der Waals surface area contributed by atoms with Gasteiger partial charge in [-0.3, -0.25) is 0 Å². The van der Waals surface area contributed by atoms with Gasteiger partial charge in [0.25, 0.3) is 0 Å². The lowest BCUT2D eigenvalue weighted by molar-refractivity contribution is 0.542. The van der Waals surface area contributed by atoms with Crippen LogP contribution in [0, 0.1) is 13.8 Å². The first kappa shape index (κ1) is 27.7. The van der Waals surface area contributed by atoms with E-state index in [1.54, 1.807) is 0 Å². The van der Waals surface area contributed by atoms with Crippen LogP contribution < -0.4 is 0 Å². The van der Waals surface area contributed by atoms with Crippen LogP contribution in [0.15, 0.2) is 12.2 Å². The molecule has 0 aliphatic heterocycles. The Hall–Kier alpha value is -0.260. The molecular weight excluding hydrogens is 336 g/mol. The van der Waals surface area contributed by atoms with Crippen molar-refractivity contribution in [3.63, 3.8) is 0 Å². The van der Waals surface area contributed by atoms with Crippen molar-refractivity contribution in [1.82, 2.24) is 0 Å². The van der Waals surface area contributed by atoms with Crippen molar-refractivity contribution in [2.45, 2.75) is 154 Å². The maximum Gasteiger partial charge on any atom is -0.0351 e. The van der Waals surface area contributed by atoms with Gasteiger partial charge in [-0.25, -0.2) is 0 Å². The van der Waals surface area contributed by atoms with Crippen molar-refractivity contribution in [3.8, 4) is 0 Å². The molecule has 166 valence electrons. The van der Waals surface area contributed by atoms with Crippen molar-refractivity contribution in [2.75, 3.05) is 0 Å². The Morgan fingerprint density at radius 3 is 0.750 bits per heavy atom. The first-order valence-electron chi connectivity index (χ1n) is 13.1. The molecule has 0 saturated carbocycles. The van der Waals surface area contributed by atoms with Crippen LogP contribution in [0.4, 0.5) is 0 Å². The minimum atomic E-state index is 1.12. The van der Waals surface area contributed by atoms with E-state index in [1.165, 1.54) is 141 Å². The highest BCUT2D eigenvalue weighted by molar-refractivity contribution is 4.81. The molecule has 0 saturated heterocycles. The summed E-state index contributed by atoms with van der Waals surface area (Å²) >= 11 is 0. The average molecular weight is 391 g/mol. The SMILES string of the molecule is [CH2]CCCCCCCCCC/C=C/CCCCCCCCCCCCCC[CH2]. The Kier molecular flexibility index (Phi) is 26.5. The van der Waals surface area contributed by atoms with E-state index in [2.05, 4.69) is 26.0 Å². The first-order valence-corrected chi connectivity index (χ1v) is 13.1. The van der Waals surface area contributed by atoms with Gasteiger partial charge in [0.15, 0.2) is 0 Å². The van der Waals surface area contributed by atoms with E-state index >= 15 is 0 Å². The number of hydrogen-bond donors (Lipinski definition) is 0. The second-order valence-corrected chi connectivity index (χ2v) is 8.83. The van der Waals surface area contributed by atoms with Crippen LogP contribution >= 0.6 is 0 Å². The smallest absolute Gasteiger partial charge is 0.0351 e. The molecule has 0 heterocycles. The number of hydrogen-bond acceptors (Lipinski definition) is 0. The molecule has 0 nitrogen and oxygen atoms in total. The molecule has 0 spiro atoms. The lowest BCUT2D eigenvalue weighted by atomic mass is 10.0. The van der Waals surface area contributed by atoms with E-state index < -0.39 is 0 Å². The maximum absolute atomic E-state index is 3.91. The van der Waals surface area contributed by atoms with Crippen LogP contribution in [0.25, 0.3) is 0 Å². The zero-order valence-corrected chi connectivity index (χ0v) is 19.5. The quantitative estimate of drug-likeness (QED) is 0.113. The maximum atomic E-state index is 3.91. The fourth-order valence-corrected chi connectivity index (χ4v) is 3.94. The number of allylic oxidation sites excluding steroid dienone is 2. The van der Waals surface area contributed by atoms with Crippen molar-refractivity contribution >= 4 is 0 Å². The van der Waals surface area contributed by atoms with Gasteiger partial charge in [0.05, 0.1) is 0 Å². The minimum absolute atomic E-state index is 1.12. The van der Waals surface area contributed by atoms with Crippen LogP contribution in [0.2, 0.25) is 0 Å². The summed E-state index contributed by atoms with van der Waals surface area (Å²) in [5, 5.41) is 0. The van der Waals surface area contributed by atoms with Gasteiger partial charge < -0.3 is 0 Å². The first-order chi connectivity index (χ1) is 13.9. The Morgan fingerprint density at radius 2 is 0.500 bits per heavy atom. The van der Waals surface area contributed by atoms with Gasteiger partial charge in [0, 0.05) is 0 Å². The van der Waals surface area contributed by atoms with Crippen molar-refractivity contribution in [3.05, 3.63) is 26.0 Å². The minimum Gasteiger partial charge on any atom is -0.0885 e. The van der Waals surface area contributed by atoms with Crippen LogP contribution in [0.5, 0.6) is 0 Å². The third kappa shape index (κ3) is 25.7. The highest BCUT2D eigenvalue weighted by atomic mass is 14.0. The normalized spacial score (nSPS) is 11.6. The Morgan fingerprint density at radius 1 is 0.286 bits per heavy atom. The second kappa shape index (κ2) is 26.7. The summed E-state index contributed by atoms with van der Waals surface area (Å²) in [5.41, 5.74) is 0. The Bertz CT molecular complexity index is 278. The summed E-state index contributed by atoms with van der Waals surface area (Å²) in [6, 6.07) is 0. The van der Waals surface area contributed by atoms with Crippen molar-refractivity contribution in [2.24, 2.45) is 0 Å². The molecule has 0 fully saturated rings. The average Bonchev–Trinajstić information content (AvgIpc) is 2.71. The Balaban J connectivity index is 3.05. The lowest BCUT2D eigenvalue weighted by Gasteiger charge is -2.02. The summed E-state index contributed by atoms with van der Waals surface area (Å²) in [4.78, 5) is 0. The molecule has 28 heavy (non-hydrogen) atoms. The largest absolute Gasteiger partial charge is 0.0885 e. The standard InChI is InChI=1S/C28H54/c1-3-5-7-9-11-13-15-17-19-21-23-25-27-28-26-24-22-20-18-16-14-12-10-8-6-4-2/h23,25H,1-22,24,26-28H2/b25-23+. The van der Waals surface area contributed by atoms with Crippen molar-refractivity contribution < 1.29 is 0 Å². The summed E-state index contributed by atoms with van der Waals surface area (Å²) in [6.45, 7) is 7.82. The molecule has 0 amide bonds. The topological polar surface area (TPSA) is 0 Å². The zero-order valence-electron chi connectivity index (χ0n) is 19.5. The summed E-state index contributed by atoms with van der Waals surface area (Å²) < 4.78 is 0. The molecule has 0 bridgehead atoms. The third-order valence-corrected chi connectivity index (χ3v) is 5.91. The van der Waals surface area contributed by atoms with Gasteiger partial charge in [-0.1, -0.05) is 154 Å². The molecule has 0 rings (SSSR count). The van der Waals surface area contributed by atoms with Crippen LogP contribution in [-0.2, 0) is 0 Å². The molecule has 0 N–H and O–H groups in total. The predicted molar refractivity (Wildman–Crippen MR) is 131 cm³/mol. The molecule has 0 unspecified atom stereocenters. The second-order valence-electron chi connectivity index (χ2n) is 8.83. The molecule has 2 radical (unpaired) electrons. The highest BCUT2D eigenvalue weighted by Crippen LogP contribution is 2.13. The summed E-state index contributed by atoms with van der Waals surface area (Å²) in [7, 11) is 0. The fourth-order valence-electron chi connectivity index (χ4n) is 3.94. The molecular formula is C28H54. The van der Waals surface area contributed by atoms with Crippen LogP contribution in [0.3, 0.4) is 0 Å². The Labute approximate surface area is 180 Å². The summed E-state index contributed by atoms with van der Waals surface area (Å²) in [6.07, 6.45) is 38.2. The van der Waals surface area contributed by atoms with Crippen molar-refractivity contribution in [1.29, 1.82) is 0 Å². The van der Waals surface area contributed by atoms with Gasteiger partial charge in [-0.2, -0.15) is 0 Å². The fraction of sp³-hybridized carbons (Fsp3) is 0.857. The number of unbranched alkanes of at least 4 members (excludes halogenated alkanes) is 22. The van der Waals surface area contributed by atoms with Gasteiger partial charge in [0.1, 0.15) is 0 Å². The van der Waals surface area contributed by atoms with E-state index in [-0.39, 0.29) is 0 Å². The molecule has 0 aromatic heterocycles. The molecule has 0 aromatic rings. The van der Waals surface area contributed by atoms with E-state index in [0.29, 0.717) is 0 Å². The molecule has 0 heteroatoms. The lowest BCUT2D eigenvalue weighted by Crippen LogP contribution is -1.83.